The van der Waals surface area contributed by atoms with Crippen LogP contribution in [0.4, 0.5) is 13.2 Å². The number of carbonyl (C=O) groups excluding carboxylic acids is 1. The quantitative estimate of drug-likeness (QED) is 0.764. The second-order valence-corrected chi connectivity index (χ2v) is 5.72. The lowest BCUT2D eigenvalue weighted by Crippen LogP contribution is -2.48. The van der Waals surface area contributed by atoms with Crippen LogP contribution in [0.3, 0.4) is 0 Å². The van der Waals surface area contributed by atoms with E-state index in [-0.39, 0.29) is 18.4 Å². The maximum Gasteiger partial charge on any atom is 0.404 e. The fourth-order valence-electron chi connectivity index (χ4n) is 2.59. The van der Waals surface area contributed by atoms with Crippen LogP contribution in [0.15, 0.2) is 0 Å². The molecule has 1 rings (SSSR count). The maximum atomic E-state index is 12.8. The zero-order valence-corrected chi connectivity index (χ0v) is 12.1. The molecule has 3 atom stereocenters. The molecule has 20 heavy (non-hydrogen) atoms. The minimum absolute atomic E-state index is 0.151. The molecule has 0 aromatic heterocycles. The minimum Gasteiger partial charge on any atom is -0.462 e. The topological polar surface area (TPSA) is 52.3 Å². The molecule has 3 nitrogen and oxygen atoms in total. The number of alkyl halides is 3. The molecule has 2 N–H and O–H groups in total. The van der Waals surface area contributed by atoms with Gasteiger partial charge in [-0.3, -0.25) is 4.79 Å². The van der Waals surface area contributed by atoms with Crippen LogP contribution in [-0.4, -0.2) is 24.3 Å². The molecule has 0 saturated heterocycles. The molecular formula is C14H24F3NO2. The van der Waals surface area contributed by atoms with Gasteiger partial charge in [-0.15, -0.1) is 0 Å². The molecule has 1 aliphatic rings. The highest BCUT2D eigenvalue weighted by molar-refractivity contribution is 5.73. The van der Waals surface area contributed by atoms with Crippen molar-refractivity contribution in [1.29, 1.82) is 0 Å². The molecule has 1 unspecified atom stereocenters. The van der Waals surface area contributed by atoms with Crippen molar-refractivity contribution in [2.24, 2.45) is 17.6 Å². The lowest BCUT2D eigenvalue weighted by atomic mass is 9.88. The van der Waals surface area contributed by atoms with Crippen LogP contribution >= 0.6 is 0 Å². The number of rotatable bonds is 6. The molecule has 6 heteroatoms. The second kappa shape index (κ2) is 7.29. The van der Waals surface area contributed by atoms with Gasteiger partial charge in [-0.05, 0) is 25.7 Å². The van der Waals surface area contributed by atoms with Gasteiger partial charge < -0.3 is 10.5 Å². The number of nitrogens with two attached hydrogens (primary N) is 1. The molecule has 0 amide bonds. The van der Waals surface area contributed by atoms with E-state index in [1.807, 2.05) is 6.92 Å². The van der Waals surface area contributed by atoms with Gasteiger partial charge in [0, 0.05) is 0 Å². The average molecular weight is 295 g/mol. The Labute approximate surface area is 118 Å². The molecule has 0 aromatic carbocycles. The summed E-state index contributed by atoms with van der Waals surface area (Å²) >= 11 is 0. The predicted octanol–water partition coefficient (Wildman–Crippen LogP) is 3.41. The van der Waals surface area contributed by atoms with Crippen LogP contribution in [0, 0.1) is 11.8 Å². The highest BCUT2D eigenvalue weighted by Crippen LogP contribution is 2.35. The van der Waals surface area contributed by atoms with Crippen LogP contribution in [0.25, 0.3) is 0 Å². The summed E-state index contributed by atoms with van der Waals surface area (Å²) in [4.78, 5) is 12.0. The monoisotopic (exact) mass is 295 g/mol. The van der Waals surface area contributed by atoms with Crippen LogP contribution < -0.4 is 5.73 Å². The predicted molar refractivity (Wildman–Crippen MR) is 69.9 cm³/mol. The number of carbonyl (C=O) groups is 1. The molecular weight excluding hydrogens is 271 g/mol. The first kappa shape index (κ1) is 17.3. The Morgan fingerprint density at radius 1 is 1.35 bits per heavy atom. The molecule has 1 fully saturated rings. The van der Waals surface area contributed by atoms with Crippen molar-refractivity contribution in [3.63, 3.8) is 0 Å². The second-order valence-electron chi connectivity index (χ2n) is 5.72. The van der Waals surface area contributed by atoms with Gasteiger partial charge in [0.05, 0.1) is 12.0 Å². The van der Waals surface area contributed by atoms with Crippen molar-refractivity contribution in [2.75, 3.05) is 0 Å². The van der Waals surface area contributed by atoms with Crippen molar-refractivity contribution in [3.05, 3.63) is 0 Å². The standard InChI is InChI=1S/C14H24F3NO2/c1-3-9(2)20-13(19)11(12(18)14(15,16)17)8-10-6-4-5-7-10/h9-12H,3-8,18H2,1-2H3/t9?,11-,12-/m1/s1. The van der Waals surface area contributed by atoms with Crippen LogP contribution in [0.2, 0.25) is 0 Å². The molecule has 0 aliphatic heterocycles. The van der Waals surface area contributed by atoms with E-state index in [0.717, 1.165) is 25.7 Å². The first-order chi connectivity index (χ1) is 9.25. The van der Waals surface area contributed by atoms with E-state index in [4.69, 9.17) is 10.5 Å². The zero-order chi connectivity index (χ0) is 15.3. The molecule has 1 saturated carbocycles. The van der Waals surface area contributed by atoms with Gasteiger partial charge in [0.15, 0.2) is 0 Å². The summed E-state index contributed by atoms with van der Waals surface area (Å²) in [6.45, 7) is 3.48. The summed E-state index contributed by atoms with van der Waals surface area (Å²) in [6.07, 6.45) is -0.432. The van der Waals surface area contributed by atoms with Gasteiger partial charge in [0.25, 0.3) is 0 Å². The Morgan fingerprint density at radius 2 is 1.90 bits per heavy atom. The Morgan fingerprint density at radius 3 is 2.35 bits per heavy atom. The molecule has 0 aromatic rings. The molecule has 0 radical (unpaired) electrons. The third kappa shape index (κ3) is 4.96. The van der Waals surface area contributed by atoms with Crippen molar-refractivity contribution in [1.82, 2.24) is 0 Å². The molecule has 118 valence electrons. The van der Waals surface area contributed by atoms with Crippen molar-refractivity contribution in [2.45, 2.75) is 70.7 Å². The van der Waals surface area contributed by atoms with Crippen LogP contribution in [-0.2, 0) is 9.53 Å². The van der Waals surface area contributed by atoms with Crippen LogP contribution in [0.1, 0.15) is 52.4 Å². The summed E-state index contributed by atoms with van der Waals surface area (Å²) in [7, 11) is 0. The summed E-state index contributed by atoms with van der Waals surface area (Å²) in [5, 5.41) is 0. The Bertz CT molecular complexity index is 314. The highest BCUT2D eigenvalue weighted by Gasteiger charge is 2.46. The first-order valence-corrected chi connectivity index (χ1v) is 7.28. The van der Waals surface area contributed by atoms with Crippen LogP contribution in [0.5, 0.6) is 0 Å². The van der Waals surface area contributed by atoms with E-state index in [9.17, 15) is 18.0 Å². The number of ether oxygens (including phenoxy) is 1. The fourth-order valence-corrected chi connectivity index (χ4v) is 2.59. The van der Waals surface area contributed by atoms with Gasteiger partial charge in [-0.1, -0.05) is 32.6 Å². The maximum absolute atomic E-state index is 12.8. The zero-order valence-electron chi connectivity index (χ0n) is 12.1. The highest BCUT2D eigenvalue weighted by atomic mass is 19.4. The molecule has 0 spiro atoms. The van der Waals surface area contributed by atoms with E-state index in [1.54, 1.807) is 6.92 Å². The smallest absolute Gasteiger partial charge is 0.404 e. The Kier molecular flexibility index (Phi) is 6.30. The minimum atomic E-state index is -4.57. The van der Waals surface area contributed by atoms with Gasteiger partial charge in [-0.2, -0.15) is 13.2 Å². The van der Waals surface area contributed by atoms with Gasteiger partial charge in [0.1, 0.15) is 6.04 Å². The van der Waals surface area contributed by atoms with E-state index in [2.05, 4.69) is 0 Å². The van der Waals surface area contributed by atoms with Crippen molar-refractivity contribution < 1.29 is 22.7 Å². The number of halogens is 3. The van der Waals surface area contributed by atoms with Gasteiger partial charge in [0.2, 0.25) is 0 Å². The third-order valence-corrected chi connectivity index (χ3v) is 4.07. The van der Waals surface area contributed by atoms with E-state index < -0.39 is 24.1 Å². The Balaban J connectivity index is 2.74. The fraction of sp³-hybridized carbons (Fsp3) is 0.929. The summed E-state index contributed by atoms with van der Waals surface area (Å²) in [6, 6.07) is -2.14. The van der Waals surface area contributed by atoms with E-state index in [0.29, 0.717) is 6.42 Å². The number of hydrogen-bond acceptors (Lipinski definition) is 3. The number of esters is 1. The largest absolute Gasteiger partial charge is 0.462 e. The van der Waals surface area contributed by atoms with Crippen molar-refractivity contribution >= 4 is 5.97 Å². The SMILES string of the molecule is CCC(C)OC(=O)[C@H](CC1CCCC1)[C@@H](N)C(F)(F)F. The summed E-state index contributed by atoms with van der Waals surface area (Å²) in [5.74, 6) is -1.94. The Hall–Kier alpha value is -0.780. The lowest BCUT2D eigenvalue weighted by molar-refractivity contribution is -0.180. The van der Waals surface area contributed by atoms with Gasteiger partial charge >= 0.3 is 12.1 Å². The molecule has 0 heterocycles. The van der Waals surface area contributed by atoms with E-state index in [1.165, 1.54) is 0 Å². The molecule has 1 aliphatic carbocycles. The van der Waals surface area contributed by atoms with Gasteiger partial charge in [-0.25, -0.2) is 0 Å². The normalized spacial score (nSPS) is 21.5. The van der Waals surface area contributed by atoms with E-state index >= 15 is 0 Å². The first-order valence-electron chi connectivity index (χ1n) is 7.28. The number of hydrogen-bond donors (Lipinski definition) is 1. The lowest BCUT2D eigenvalue weighted by Gasteiger charge is -2.27. The third-order valence-electron chi connectivity index (χ3n) is 4.07. The summed E-state index contributed by atoms with van der Waals surface area (Å²) < 4.78 is 43.5. The van der Waals surface area contributed by atoms with Crippen molar-refractivity contribution in [3.8, 4) is 0 Å². The summed E-state index contributed by atoms with van der Waals surface area (Å²) in [5.41, 5.74) is 5.27. The average Bonchev–Trinajstić information content (AvgIpc) is 2.86. The molecule has 0 bridgehead atoms.